The van der Waals surface area contributed by atoms with Crippen molar-refractivity contribution in [1.29, 1.82) is 0 Å². The fraction of sp³-hybridized carbons (Fsp3) is 0. The quantitative estimate of drug-likeness (QED) is 0.579. The number of fused-ring (bicyclic) bond motifs is 1. The van der Waals surface area contributed by atoms with Crippen LogP contribution in [0, 0.1) is 0 Å². The SMILES string of the molecule is S=C=Nc1nc2cc(Br)ccc2o1. The van der Waals surface area contributed by atoms with Gasteiger partial charge in [-0.15, -0.1) is 4.99 Å². The van der Waals surface area contributed by atoms with Crippen molar-refractivity contribution in [2.24, 2.45) is 4.99 Å². The zero-order valence-corrected chi connectivity index (χ0v) is 8.72. The summed E-state index contributed by atoms with van der Waals surface area (Å²) in [5.41, 5.74) is 1.44. The number of nitrogens with zero attached hydrogens (tertiary/aromatic N) is 2. The van der Waals surface area contributed by atoms with Crippen LogP contribution >= 0.6 is 28.1 Å². The van der Waals surface area contributed by atoms with Crippen LogP contribution in [0.25, 0.3) is 11.1 Å². The number of aromatic nitrogens is 1. The molecule has 1 aromatic carbocycles. The molecule has 0 amide bonds. The van der Waals surface area contributed by atoms with E-state index in [4.69, 9.17) is 4.42 Å². The summed E-state index contributed by atoms with van der Waals surface area (Å²) < 4.78 is 6.19. The summed E-state index contributed by atoms with van der Waals surface area (Å²) in [5.74, 6) is 0. The summed E-state index contributed by atoms with van der Waals surface area (Å²) in [6.07, 6.45) is 0. The Bertz CT molecular complexity index is 502. The van der Waals surface area contributed by atoms with Gasteiger partial charge in [0.25, 0.3) is 0 Å². The molecular weight excluding hydrogens is 252 g/mol. The van der Waals surface area contributed by atoms with Gasteiger partial charge >= 0.3 is 6.01 Å². The van der Waals surface area contributed by atoms with Crippen molar-refractivity contribution in [3.8, 4) is 0 Å². The normalized spacial score (nSPS) is 9.92. The Morgan fingerprint density at radius 3 is 3.15 bits per heavy atom. The lowest BCUT2D eigenvalue weighted by Crippen LogP contribution is -1.66. The zero-order valence-electron chi connectivity index (χ0n) is 6.32. The van der Waals surface area contributed by atoms with E-state index in [0.29, 0.717) is 5.58 Å². The maximum absolute atomic E-state index is 5.24. The Balaban J connectivity index is 2.68. The Hall–Kier alpha value is -1.03. The molecule has 13 heavy (non-hydrogen) atoms. The van der Waals surface area contributed by atoms with E-state index in [9.17, 15) is 0 Å². The van der Waals surface area contributed by atoms with Gasteiger partial charge in [-0.25, -0.2) is 0 Å². The van der Waals surface area contributed by atoms with Gasteiger partial charge in [-0.2, -0.15) is 4.98 Å². The highest BCUT2D eigenvalue weighted by atomic mass is 79.9. The first-order valence-electron chi connectivity index (χ1n) is 3.43. The number of benzene rings is 1. The molecule has 0 bridgehead atoms. The van der Waals surface area contributed by atoms with Gasteiger partial charge in [0.2, 0.25) is 0 Å². The van der Waals surface area contributed by atoms with E-state index < -0.39 is 0 Å². The van der Waals surface area contributed by atoms with Crippen LogP contribution in [0.3, 0.4) is 0 Å². The van der Waals surface area contributed by atoms with Crippen molar-refractivity contribution in [3.63, 3.8) is 0 Å². The van der Waals surface area contributed by atoms with Crippen LogP contribution < -0.4 is 0 Å². The van der Waals surface area contributed by atoms with E-state index >= 15 is 0 Å². The predicted octanol–water partition coefficient (Wildman–Crippen LogP) is 3.32. The van der Waals surface area contributed by atoms with Gasteiger partial charge in [0.15, 0.2) is 5.58 Å². The molecule has 0 aliphatic carbocycles. The number of thiocarbonyl (C=S) groups is 1. The van der Waals surface area contributed by atoms with Crippen LogP contribution in [0.15, 0.2) is 32.1 Å². The highest BCUT2D eigenvalue weighted by molar-refractivity contribution is 9.10. The number of hydrogen-bond acceptors (Lipinski definition) is 4. The number of oxazole rings is 1. The van der Waals surface area contributed by atoms with E-state index in [1.165, 1.54) is 0 Å². The van der Waals surface area contributed by atoms with Crippen LogP contribution in [-0.2, 0) is 0 Å². The highest BCUT2D eigenvalue weighted by Crippen LogP contribution is 2.23. The largest absolute Gasteiger partial charge is 0.421 e. The third-order valence-corrected chi connectivity index (χ3v) is 2.06. The molecule has 0 spiro atoms. The van der Waals surface area contributed by atoms with Gasteiger partial charge in [-0.3, -0.25) is 0 Å². The summed E-state index contributed by atoms with van der Waals surface area (Å²) in [6.45, 7) is 0. The van der Waals surface area contributed by atoms with Crippen LogP contribution in [0.4, 0.5) is 6.01 Å². The predicted molar refractivity (Wildman–Crippen MR) is 56.4 cm³/mol. The number of rotatable bonds is 1. The monoisotopic (exact) mass is 254 g/mol. The van der Waals surface area contributed by atoms with Gasteiger partial charge in [0.1, 0.15) is 5.52 Å². The minimum absolute atomic E-state index is 0.239. The van der Waals surface area contributed by atoms with E-state index in [0.717, 1.165) is 9.99 Å². The summed E-state index contributed by atoms with van der Waals surface area (Å²) in [6, 6.07) is 5.78. The Morgan fingerprint density at radius 2 is 2.38 bits per heavy atom. The van der Waals surface area contributed by atoms with E-state index in [-0.39, 0.29) is 6.01 Å². The summed E-state index contributed by atoms with van der Waals surface area (Å²) in [7, 11) is 0. The molecule has 0 saturated heterocycles. The lowest BCUT2D eigenvalue weighted by Gasteiger charge is -1.85. The average molecular weight is 255 g/mol. The molecule has 5 heteroatoms. The van der Waals surface area contributed by atoms with Crippen molar-refractivity contribution in [1.82, 2.24) is 4.98 Å². The summed E-state index contributed by atoms with van der Waals surface area (Å²) in [4.78, 5) is 7.72. The first-order valence-corrected chi connectivity index (χ1v) is 4.64. The molecular formula is C8H3BrN2OS. The fourth-order valence-electron chi connectivity index (χ4n) is 0.975. The molecule has 1 heterocycles. The van der Waals surface area contributed by atoms with E-state index in [2.05, 4.69) is 43.3 Å². The minimum Gasteiger partial charge on any atom is -0.421 e. The maximum Gasteiger partial charge on any atom is 0.331 e. The Labute approximate surface area is 87.6 Å². The molecule has 0 saturated carbocycles. The Kier molecular flexibility index (Phi) is 2.22. The standard InChI is InChI=1S/C8H3BrN2OS/c9-5-1-2-7-6(3-5)11-8(12-7)10-4-13/h1-3H. The van der Waals surface area contributed by atoms with E-state index in [1.807, 2.05) is 18.2 Å². The highest BCUT2D eigenvalue weighted by Gasteiger charge is 2.03. The summed E-state index contributed by atoms with van der Waals surface area (Å²) >= 11 is 7.77. The van der Waals surface area contributed by atoms with Crippen molar-refractivity contribution in [3.05, 3.63) is 22.7 Å². The van der Waals surface area contributed by atoms with Crippen molar-refractivity contribution in [2.45, 2.75) is 0 Å². The molecule has 1 aromatic heterocycles. The molecule has 64 valence electrons. The molecule has 3 nitrogen and oxygen atoms in total. The van der Waals surface area contributed by atoms with E-state index in [1.54, 1.807) is 0 Å². The smallest absolute Gasteiger partial charge is 0.331 e. The lowest BCUT2D eigenvalue weighted by molar-refractivity contribution is 0.614. The third-order valence-electron chi connectivity index (χ3n) is 1.48. The van der Waals surface area contributed by atoms with Gasteiger partial charge in [-0.05, 0) is 30.4 Å². The zero-order chi connectivity index (χ0) is 9.26. The number of halogens is 1. The first-order chi connectivity index (χ1) is 6.29. The molecule has 0 N–H and O–H groups in total. The number of hydrogen-bond donors (Lipinski definition) is 0. The molecule has 2 aromatic rings. The second-order valence-electron chi connectivity index (χ2n) is 2.31. The third kappa shape index (κ3) is 1.67. The van der Waals surface area contributed by atoms with Crippen LogP contribution in [0.1, 0.15) is 0 Å². The topological polar surface area (TPSA) is 38.4 Å². The van der Waals surface area contributed by atoms with Crippen LogP contribution in [0.2, 0.25) is 0 Å². The molecule has 2 rings (SSSR count). The number of aliphatic imine (C=N–C) groups is 1. The molecule has 0 unspecified atom stereocenters. The summed E-state index contributed by atoms with van der Waals surface area (Å²) in [5, 5.41) is 2.20. The van der Waals surface area contributed by atoms with Crippen molar-refractivity contribution < 1.29 is 4.42 Å². The second kappa shape index (κ2) is 3.38. The molecule has 0 aliphatic heterocycles. The first kappa shape index (κ1) is 8.56. The van der Waals surface area contributed by atoms with Crippen molar-refractivity contribution >= 4 is 50.4 Å². The average Bonchev–Trinajstić information content (AvgIpc) is 2.46. The van der Waals surface area contributed by atoms with Crippen LogP contribution in [-0.4, -0.2) is 10.1 Å². The molecule has 0 atom stereocenters. The Morgan fingerprint density at radius 1 is 1.54 bits per heavy atom. The van der Waals surface area contributed by atoms with Gasteiger partial charge in [0.05, 0.1) is 5.16 Å². The molecule has 0 radical (unpaired) electrons. The van der Waals surface area contributed by atoms with Gasteiger partial charge < -0.3 is 4.42 Å². The molecule has 0 fully saturated rings. The lowest BCUT2D eigenvalue weighted by atomic mass is 10.3. The minimum atomic E-state index is 0.239. The maximum atomic E-state index is 5.24. The number of isothiocyanates is 1. The van der Waals surface area contributed by atoms with Gasteiger partial charge in [0, 0.05) is 4.47 Å². The second-order valence-corrected chi connectivity index (χ2v) is 3.41. The molecule has 0 aliphatic rings. The van der Waals surface area contributed by atoms with Crippen molar-refractivity contribution in [2.75, 3.05) is 0 Å². The fourth-order valence-corrected chi connectivity index (χ4v) is 1.40. The van der Waals surface area contributed by atoms with Gasteiger partial charge in [-0.1, -0.05) is 15.9 Å². The van der Waals surface area contributed by atoms with Crippen LogP contribution in [0.5, 0.6) is 0 Å².